The fraction of sp³-hybridized carbons (Fsp3) is 0.364. The van der Waals surface area contributed by atoms with Crippen LogP contribution in [-0.4, -0.2) is 85.1 Å². The number of primary amides is 1. The number of carbonyl (C=O) groups is 1. The number of nitro benzene ring substituents is 1. The number of H-pyrrole nitrogens is 1. The number of aromatic nitrogens is 2. The Morgan fingerprint density at radius 3 is 2.52 bits per heavy atom. The third kappa shape index (κ3) is 8.77. The van der Waals surface area contributed by atoms with Crippen LogP contribution < -0.4 is 19.7 Å². The molecule has 0 unspecified atom stereocenters. The number of hydrogen-bond acceptors (Lipinski definition) is 10. The van der Waals surface area contributed by atoms with Gasteiger partial charge in [0, 0.05) is 73.0 Å². The molecule has 3 heterocycles. The number of ether oxygens (including phenoxy) is 1. The van der Waals surface area contributed by atoms with Gasteiger partial charge in [-0.25, -0.2) is 4.98 Å². The molecule has 0 atom stereocenters. The number of quaternary nitrogens is 1. The van der Waals surface area contributed by atoms with E-state index in [-0.39, 0.29) is 53.6 Å². The average molecular weight is 857 g/mol. The number of nitrogens with zero attached hydrogens (tertiary/aromatic N) is 4. The number of nitrogens with two attached hydrogens (primary N) is 1. The number of benzene rings is 3. The smallest absolute Gasteiger partial charge is 0.332 e. The maximum atomic E-state index is 15.3. The molecule has 14 nitrogen and oxygen atoms in total. The van der Waals surface area contributed by atoms with Crippen LogP contribution in [0.4, 0.5) is 17.1 Å². The number of aliphatic hydroxyl groups is 1. The molecular formula is C44H51ClN7O7S+. The highest BCUT2D eigenvalue weighted by atomic mass is 35.5. The van der Waals surface area contributed by atoms with Gasteiger partial charge in [0.25, 0.3) is 11.6 Å². The maximum Gasteiger partial charge on any atom is 0.332 e. The molecule has 0 saturated carbocycles. The third-order valence-corrected chi connectivity index (χ3v) is 14.4. The number of halogens is 1. The van der Waals surface area contributed by atoms with Gasteiger partial charge in [0.05, 0.1) is 16.7 Å². The van der Waals surface area contributed by atoms with Crippen LogP contribution in [0.5, 0.6) is 11.5 Å². The first-order valence-corrected chi connectivity index (χ1v) is 21.7. The van der Waals surface area contributed by atoms with Crippen LogP contribution in [-0.2, 0) is 10.0 Å². The molecule has 0 radical (unpaired) electrons. The molecule has 1 aliphatic heterocycles. The van der Waals surface area contributed by atoms with Crippen molar-refractivity contribution in [1.82, 2.24) is 18.8 Å². The van der Waals surface area contributed by atoms with Crippen molar-refractivity contribution in [2.75, 3.05) is 51.2 Å². The van der Waals surface area contributed by atoms with Crippen LogP contribution in [0, 0.1) is 20.9 Å². The summed E-state index contributed by atoms with van der Waals surface area (Å²) in [7, 11) is -4.45. The number of aliphatic hydroxyl groups excluding tert-OH is 1. The molecular weight excluding hydrogens is 806 g/mol. The number of nitrogens with one attached hydrogen (secondary N) is 2. The van der Waals surface area contributed by atoms with Crippen molar-refractivity contribution in [2.24, 2.45) is 16.6 Å². The summed E-state index contributed by atoms with van der Waals surface area (Å²) in [6.07, 6.45) is 6.05. The van der Waals surface area contributed by atoms with Gasteiger partial charge in [-0.15, -0.1) is 0 Å². The van der Waals surface area contributed by atoms with Crippen molar-refractivity contribution in [1.29, 1.82) is 0 Å². The van der Waals surface area contributed by atoms with E-state index >= 15 is 8.42 Å². The van der Waals surface area contributed by atoms with Gasteiger partial charge in [0.15, 0.2) is 5.69 Å². The zero-order chi connectivity index (χ0) is 43.0. The number of amides is 1. The molecule has 1 fully saturated rings. The number of rotatable bonds is 14. The van der Waals surface area contributed by atoms with E-state index in [2.05, 4.69) is 46.2 Å². The van der Waals surface area contributed by atoms with Gasteiger partial charge in [0.2, 0.25) is 0 Å². The zero-order valence-electron chi connectivity index (χ0n) is 34.2. The van der Waals surface area contributed by atoms with E-state index in [4.69, 9.17) is 22.1 Å². The Morgan fingerprint density at radius 1 is 1.10 bits per heavy atom. The van der Waals surface area contributed by atoms with Crippen LogP contribution in [0.15, 0.2) is 95.7 Å². The molecule has 2 aliphatic rings. The highest BCUT2D eigenvalue weighted by Crippen LogP contribution is 2.45. The predicted octanol–water partition coefficient (Wildman–Crippen LogP) is 8.12. The van der Waals surface area contributed by atoms with Crippen molar-refractivity contribution in [3.05, 3.63) is 117 Å². The Balaban J connectivity index is 1.29. The van der Waals surface area contributed by atoms with Gasteiger partial charge in [-0.2, -0.15) is 12.3 Å². The van der Waals surface area contributed by atoms with Gasteiger partial charge in [-0.05, 0) is 78.3 Å². The van der Waals surface area contributed by atoms with E-state index in [9.17, 15) is 20.0 Å². The van der Waals surface area contributed by atoms with E-state index in [0.717, 1.165) is 36.3 Å². The summed E-state index contributed by atoms with van der Waals surface area (Å²) in [4.78, 5) is 34.0. The van der Waals surface area contributed by atoms with Crippen molar-refractivity contribution < 1.29 is 28.0 Å². The van der Waals surface area contributed by atoms with Gasteiger partial charge in [0.1, 0.15) is 40.8 Å². The Labute approximate surface area is 354 Å². The first-order chi connectivity index (χ1) is 28.4. The minimum Gasteiger partial charge on any atom is -0.455 e. The molecule has 5 N–H and O–H groups in total. The second kappa shape index (κ2) is 16.6. The first kappa shape index (κ1) is 42.8. The van der Waals surface area contributed by atoms with Gasteiger partial charge < -0.3 is 25.9 Å². The lowest BCUT2D eigenvalue weighted by molar-refractivity contribution is -0.384. The molecule has 3 aromatic carbocycles. The van der Waals surface area contributed by atoms with E-state index in [1.807, 2.05) is 18.2 Å². The SMILES string of the molecule is CC(C)(CO)CNc1ccc(S(=O)(=O)[N+]2(c3ccc(C(N)=O)c(Oc4cnc5[nH]ccc5c4)c3)CCN(CC3=C(c4ccc(Cl)cc4)CC(C)(C)CC3)CC2)cc1[N+](=O)[O-]. The van der Waals surface area contributed by atoms with E-state index in [0.29, 0.717) is 41.7 Å². The minimum atomic E-state index is -4.45. The Bertz CT molecular complexity index is 2580. The Morgan fingerprint density at radius 2 is 1.83 bits per heavy atom. The number of allylic oxidation sites excluding steroid dienone is 1. The Hall–Kier alpha value is -5.32. The lowest BCUT2D eigenvalue weighted by Gasteiger charge is -2.43. The molecule has 0 spiro atoms. The quantitative estimate of drug-likeness (QED) is 0.0482. The zero-order valence-corrected chi connectivity index (χ0v) is 35.8. The van der Waals surface area contributed by atoms with Crippen LogP contribution in [0.2, 0.25) is 5.02 Å². The van der Waals surface area contributed by atoms with Crippen LogP contribution in [0.3, 0.4) is 0 Å². The topological polar surface area (TPSA) is 194 Å². The molecule has 60 heavy (non-hydrogen) atoms. The number of piperazine rings is 1. The van der Waals surface area contributed by atoms with Crippen molar-refractivity contribution >= 4 is 61.2 Å². The number of sulfonamides is 1. The summed E-state index contributed by atoms with van der Waals surface area (Å²) in [5.41, 5.74) is 9.76. The van der Waals surface area contributed by atoms with E-state index in [1.54, 1.807) is 32.2 Å². The van der Waals surface area contributed by atoms with E-state index < -0.39 is 35.8 Å². The molecule has 316 valence electrons. The van der Waals surface area contributed by atoms with Crippen molar-refractivity contribution in [3.63, 3.8) is 0 Å². The summed E-state index contributed by atoms with van der Waals surface area (Å²) in [5, 5.41) is 26.7. The fourth-order valence-corrected chi connectivity index (χ4v) is 10.1. The number of nitro groups is 1. The van der Waals surface area contributed by atoms with Gasteiger partial charge in [-0.1, -0.05) is 57.0 Å². The summed E-state index contributed by atoms with van der Waals surface area (Å²) in [5.74, 6) is -0.411. The summed E-state index contributed by atoms with van der Waals surface area (Å²) in [6.45, 7) is 9.77. The van der Waals surface area contributed by atoms with Gasteiger partial charge in [-0.3, -0.25) is 19.8 Å². The molecule has 1 amide bonds. The molecule has 16 heteroatoms. The van der Waals surface area contributed by atoms with Gasteiger partial charge >= 0.3 is 10.0 Å². The number of hydrogen-bond donors (Lipinski definition) is 4. The molecule has 1 aliphatic carbocycles. The predicted molar refractivity (Wildman–Crippen MR) is 235 cm³/mol. The third-order valence-electron chi connectivity index (χ3n) is 11.8. The Kier molecular flexibility index (Phi) is 11.9. The standard InChI is InChI=1S/C44H50ClN7O7S/c1-43(2)15-13-31(37(24-43)29-5-7-32(45)8-6-29)26-50-17-19-52(20-18-50,60(57,58)35-10-12-38(39(23-35)51(55)56)49-27-44(3,4)28-53)33-9-11-36(41(46)54)40(22-33)59-34-21-30-14-16-47-42(30)48-25-34/h5-12,14,16,21-23,25,49,53H,13,15,17-20,24,26-28H2,1-4H3,(H2-,46,47,48,54)/p+1. The lowest BCUT2D eigenvalue weighted by Crippen LogP contribution is -2.63. The fourth-order valence-electron chi connectivity index (χ4n) is 8.08. The van der Waals surface area contributed by atoms with Crippen molar-refractivity contribution in [2.45, 2.75) is 51.9 Å². The normalized spacial score (nSPS) is 17.1. The van der Waals surface area contributed by atoms with E-state index in [1.165, 1.54) is 41.6 Å². The molecule has 5 aromatic rings. The average Bonchev–Trinajstić information content (AvgIpc) is 3.69. The second-order valence-corrected chi connectivity index (χ2v) is 19.9. The molecule has 1 saturated heterocycles. The minimum absolute atomic E-state index is 0.0425. The number of fused-ring (bicyclic) bond motifs is 1. The van der Waals surface area contributed by atoms with Crippen molar-refractivity contribution in [3.8, 4) is 11.5 Å². The molecule has 7 rings (SSSR count). The maximum absolute atomic E-state index is 15.3. The van der Waals surface area contributed by atoms with Crippen LogP contribution in [0.25, 0.3) is 16.6 Å². The first-order valence-electron chi connectivity index (χ1n) is 19.9. The summed E-state index contributed by atoms with van der Waals surface area (Å²) in [6, 6.07) is 19.9. The highest BCUT2D eigenvalue weighted by molar-refractivity contribution is 7.91. The number of carbonyl (C=O) groups excluding carboxylic acids is 1. The number of aromatic amines is 1. The van der Waals surface area contributed by atoms with Crippen LogP contribution >= 0.6 is 11.6 Å². The molecule has 0 bridgehead atoms. The number of pyridine rings is 1. The number of anilines is 1. The largest absolute Gasteiger partial charge is 0.455 e. The molecule has 2 aromatic heterocycles. The lowest BCUT2D eigenvalue weighted by atomic mass is 9.72. The summed E-state index contributed by atoms with van der Waals surface area (Å²) < 4.78 is 36.3. The highest BCUT2D eigenvalue weighted by Gasteiger charge is 2.49. The van der Waals surface area contributed by atoms with Crippen LogP contribution in [0.1, 0.15) is 62.9 Å². The second-order valence-electron chi connectivity index (χ2n) is 17.4. The summed E-state index contributed by atoms with van der Waals surface area (Å²) >= 11 is 6.26. The monoisotopic (exact) mass is 856 g/mol.